The van der Waals surface area contributed by atoms with Crippen LogP contribution >= 0.6 is 11.6 Å². The second-order valence-corrected chi connectivity index (χ2v) is 6.61. The van der Waals surface area contributed by atoms with Crippen molar-refractivity contribution in [3.05, 3.63) is 27.9 Å². The molecular formula is C15H20ClN3O. The van der Waals surface area contributed by atoms with Crippen LogP contribution in [-0.4, -0.2) is 14.5 Å². The van der Waals surface area contributed by atoms with Crippen LogP contribution in [0.5, 0.6) is 0 Å². The third kappa shape index (κ3) is 2.26. The van der Waals surface area contributed by atoms with Crippen molar-refractivity contribution in [3.8, 4) is 0 Å². The van der Waals surface area contributed by atoms with Crippen LogP contribution < -0.4 is 5.69 Å². The van der Waals surface area contributed by atoms with Crippen molar-refractivity contribution in [3.63, 3.8) is 0 Å². The SMILES string of the molecule is CCC1(C)CCC(n2c(=O)[nH]c3cnc(Cl)cc32)CC1. The molecule has 2 aromatic rings. The first-order valence-electron chi connectivity index (χ1n) is 7.28. The van der Waals surface area contributed by atoms with Gasteiger partial charge >= 0.3 is 5.69 Å². The summed E-state index contributed by atoms with van der Waals surface area (Å²) in [7, 11) is 0. The van der Waals surface area contributed by atoms with Crippen molar-refractivity contribution >= 4 is 22.6 Å². The van der Waals surface area contributed by atoms with E-state index in [4.69, 9.17) is 11.6 Å². The molecule has 108 valence electrons. The van der Waals surface area contributed by atoms with Gasteiger partial charge in [-0.05, 0) is 31.1 Å². The highest BCUT2D eigenvalue weighted by Crippen LogP contribution is 2.42. The number of aromatic nitrogens is 3. The molecule has 1 aliphatic rings. The van der Waals surface area contributed by atoms with Crippen LogP contribution in [0, 0.1) is 5.41 Å². The molecule has 1 N–H and O–H groups in total. The highest BCUT2D eigenvalue weighted by molar-refractivity contribution is 6.29. The van der Waals surface area contributed by atoms with Crippen LogP contribution in [0.3, 0.4) is 0 Å². The summed E-state index contributed by atoms with van der Waals surface area (Å²) in [5, 5.41) is 0.430. The summed E-state index contributed by atoms with van der Waals surface area (Å²) in [5.41, 5.74) is 2.03. The molecule has 0 bridgehead atoms. The molecule has 2 heterocycles. The first-order valence-corrected chi connectivity index (χ1v) is 7.66. The van der Waals surface area contributed by atoms with E-state index in [1.807, 2.05) is 4.57 Å². The first kappa shape index (κ1) is 13.7. The Labute approximate surface area is 123 Å². The average Bonchev–Trinajstić information content (AvgIpc) is 2.75. The van der Waals surface area contributed by atoms with Gasteiger partial charge in [-0.15, -0.1) is 0 Å². The van der Waals surface area contributed by atoms with E-state index in [0.29, 0.717) is 10.6 Å². The Morgan fingerprint density at radius 2 is 2.20 bits per heavy atom. The lowest BCUT2D eigenvalue weighted by molar-refractivity contribution is 0.166. The maximum absolute atomic E-state index is 12.2. The van der Waals surface area contributed by atoms with Gasteiger partial charge in [-0.2, -0.15) is 0 Å². The van der Waals surface area contributed by atoms with E-state index < -0.39 is 0 Å². The zero-order valence-corrected chi connectivity index (χ0v) is 12.7. The Morgan fingerprint density at radius 3 is 2.85 bits per heavy atom. The Morgan fingerprint density at radius 1 is 1.50 bits per heavy atom. The molecule has 1 fully saturated rings. The van der Waals surface area contributed by atoms with E-state index in [9.17, 15) is 4.79 Å². The van der Waals surface area contributed by atoms with Crippen molar-refractivity contribution in [1.82, 2.24) is 14.5 Å². The lowest BCUT2D eigenvalue weighted by Gasteiger charge is -2.37. The van der Waals surface area contributed by atoms with Gasteiger partial charge in [0.15, 0.2) is 0 Å². The van der Waals surface area contributed by atoms with E-state index >= 15 is 0 Å². The lowest BCUT2D eigenvalue weighted by atomic mass is 9.72. The first-order chi connectivity index (χ1) is 9.52. The number of H-pyrrole nitrogens is 1. The zero-order chi connectivity index (χ0) is 14.3. The maximum Gasteiger partial charge on any atom is 0.326 e. The van der Waals surface area contributed by atoms with Crippen LogP contribution in [-0.2, 0) is 0 Å². The molecule has 5 heteroatoms. The fourth-order valence-corrected chi connectivity index (χ4v) is 3.43. The second kappa shape index (κ2) is 4.92. The number of hydrogen-bond acceptors (Lipinski definition) is 2. The number of aromatic amines is 1. The molecule has 0 aromatic carbocycles. The fourth-order valence-electron chi connectivity index (χ4n) is 3.27. The molecule has 2 aromatic heterocycles. The zero-order valence-electron chi connectivity index (χ0n) is 11.9. The Bertz CT molecular complexity index is 680. The highest BCUT2D eigenvalue weighted by atomic mass is 35.5. The quantitative estimate of drug-likeness (QED) is 0.854. The maximum atomic E-state index is 12.2. The molecule has 0 aliphatic heterocycles. The summed E-state index contributed by atoms with van der Waals surface area (Å²) in [6.45, 7) is 4.60. The smallest absolute Gasteiger partial charge is 0.304 e. The Kier molecular flexibility index (Phi) is 3.36. The summed E-state index contributed by atoms with van der Waals surface area (Å²) in [6.07, 6.45) is 7.29. The van der Waals surface area contributed by atoms with E-state index in [1.54, 1.807) is 12.3 Å². The van der Waals surface area contributed by atoms with Gasteiger partial charge in [0.25, 0.3) is 0 Å². The number of nitrogens with one attached hydrogen (secondary N) is 1. The molecule has 0 atom stereocenters. The van der Waals surface area contributed by atoms with Gasteiger partial charge in [0.1, 0.15) is 5.15 Å². The van der Waals surface area contributed by atoms with Crippen molar-refractivity contribution in [2.75, 3.05) is 0 Å². The predicted octanol–water partition coefficient (Wildman–Crippen LogP) is 3.91. The molecular weight excluding hydrogens is 274 g/mol. The molecule has 0 radical (unpaired) electrons. The number of halogens is 1. The molecule has 4 nitrogen and oxygen atoms in total. The van der Waals surface area contributed by atoms with Crippen molar-refractivity contribution in [2.45, 2.75) is 52.0 Å². The number of fused-ring (bicyclic) bond motifs is 1. The molecule has 1 aliphatic carbocycles. The summed E-state index contributed by atoms with van der Waals surface area (Å²) in [4.78, 5) is 19.1. The topological polar surface area (TPSA) is 50.7 Å². The van der Waals surface area contributed by atoms with Gasteiger partial charge in [0.2, 0.25) is 0 Å². The monoisotopic (exact) mass is 293 g/mol. The number of rotatable bonds is 2. The third-order valence-corrected chi connectivity index (χ3v) is 5.16. The minimum Gasteiger partial charge on any atom is -0.304 e. The van der Waals surface area contributed by atoms with Gasteiger partial charge in [0, 0.05) is 12.1 Å². The van der Waals surface area contributed by atoms with E-state index in [-0.39, 0.29) is 11.7 Å². The summed E-state index contributed by atoms with van der Waals surface area (Å²) in [5.74, 6) is 0. The molecule has 20 heavy (non-hydrogen) atoms. The van der Waals surface area contributed by atoms with Crippen LogP contribution in [0.1, 0.15) is 52.0 Å². The van der Waals surface area contributed by atoms with Crippen LogP contribution in [0.2, 0.25) is 5.15 Å². The van der Waals surface area contributed by atoms with Crippen molar-refractivity contribution in [1.29, 1.82) is 0 Å². The summed E-state index contributed by atoms with van der Waals surface area (Å²) in [6, 6.07) is 2.05. The summed E-state index contributed by atoms with van der Waals surface area (Å²) < 4.78 is 1.87. The summed E-state index contributed by atoms with van der Waals surface area (Å²) >= 11 is 5.97. The second-order valence-electron chi connectivity index (χ2n) is 6.22. The molecule has 1 saturated carbocycles. The molecule has 0 unspecified atom stereocenters. The largest absolute Gasteiger partial charge is 0.326 e. The average molecular weight is 294 g/mol. The van der Waals surface area contributed by atoms with Crippen LogP contribution in [0.4, 0.5) is 0 Å². The van der Waals surface area contributed by atoms with Crippen molar-refractivity contribution in [2.24, 2.45) is 5.41 Å². The highest BCUT2D eigenvalue weighted by Gasteiger charge is 2.31. The fraction of sp³-hybridized carbons (Fsp3) is 0.600. The van der Waals surface area contributed by atoms with Crippen molar-refractivity contribution < 1.29 is 0 Å². The Hall–Kier alpha value is -1.29. The number of pyridine rings is 1. The predicted molar refractivity (Wildman–Crippen MR) is 81.3 cm³/mol. The van der Waals surface area contributed by atoms with Gasteiger partial charge in [0.05, 0.1) is 17.2 Å². The minimum atomic E-state index is -0.0471. The minimum absolute atomic E-state index is 0.0471. The van der Waals surface area contributed by atoms with E-state index in [0.717, 1.165) is 23.9 Å². The number of nitrogens with zero attached hydrogens (tertiary/aromatic N) is 2. The van der Waals surface area contributed by atoms with Gasteiger partial charge < -0.3 is 4.98 Å². The van der Waals surface area contributed by atoms with E-state index in [1.165, 1.54) is 19.3 Å². The van der Waals surface area contributed by atoms with Crippen LogP contribution in [0.25, 0.3) is 11.0 Å². The van der Waals surface area contributed by atoms with Gasteiger partial charge in [-0.3, -0.25) is 4.57 Å². The molecule has 0 spiro atoms. The number of hydrogen-bond donors (Lipinski definition) is 1. The third-order valence-electron chi connectivity index (χ3n) is 4.95. The molecule has 0 saturated heterocycles. The standard InChI is InChI=1S/C15H20ClN3O/c1-3-15(2)6-4-10(5-7-15)19-12-8-13(16)17-9-11(12)18-14(19)20/h8-10H,3-7H2,1-2H3,(H,18,20). The number of imidazole rings is 1. The normalized spacial score (nSPS) is 27.1. The lowest BCUT2D eigenvalue weighted by Crippen LogP contribution is -2.30. The van der Waals surface area contributed by atoms with Gasteiger partial charge in [-0.25, -0.2) is 9.78 Å². The Balaban J connectivity index is 1.97. The van der Waals surface area contributed by atoms with Crippen LogP contribution in [0.15, 0.2) is 17.1 Å². The van der Waals surface area contributed by atoms with E-state index in [2.05, 4.69) is 23.8 Å². The molecule has 3 rings (SSSR count). The molecule has 0 amide bonds. The van der Waals surface area contributed by atoms with Gasteiger partial charge in [-0.1, -0.05) is 31.9 Å².